The second kappa shape index (κ2) is 6.31. The van der Waals surface area contributed by atoms with Gasteiger partial charge in [-0.1, -0.05) is 0 Å². The molecule has 1 atom stereocenters. The van der Waals surface area contributed by atoms with Crippen molar-refractivity contribution in [3.05, 3.63) is 54.1 Å². The number of nitrogens with zero attached hydrogens (tertiary/aromatic N) is 1. The molecule has 3 aromatic rings. The third-order valence-electron chi connectivity index (χ3n) is 3.28. The Balaban J connectivity index is 1.86. The molecule has 2 aromatic carbocycles. The van der Waals surface area contributed by atoms with Crippen LogP contribution in [0, 0.1) is 0 Å². The molecule has 3 rings (SSSR count). The van der Waals surface area contributed by atoms with E-state index in [1.165, 1.54) is 4.26 Å². The van der Waals surface area contributed by atoms with Gasteiger partial charge in [-0.05, 0) is 0 Å². The molecule has 108 valence electrons. The number of hydrogen-bond acceptors (Lipinski definition) is 4. The summed E-state index contributed by atoms with van der Waals surface area (Å²) >= 11 is 0.143. The quantitative estimate of drug-likeness (QED) is 0.696. The number of aromatic nitrogens is 1. The number of aliphatic hydroxyl groups is 1. The number of ether oxygens (including phenoxy) is 1. The van der Waals surface area contributed by atoms with Crippen molar-refractivity contribution in [1.29, 1.82) is 0 Å². The fourth-order valence-electron chi connectivity index (χ4n) is 2.16. The maximum absolute atomic E-state index is 9.61. The Bertz CT molecular complexity index is 727. The molecule has 0 aliphatic heterocycles. The molecule has 1 heterocycles. The van der Waals surface area contributed by atoms with Crippen LogP contribution < -0.4 is 10.1 Å². The van der Waals surface area contributed by atoms with Crippen LogP contribution in [0.5, 0.6) is 5.75 Å². The fraction of sp³-hybridized carbons (Fsp3) is 0.188. The van der Waals surface area contributed by atoms with E-state index < -0.39 is 0 Å². The van der Waals surface area contributed by atoms with Gasteiger partial charge in [-0.3, -0.25) is 0 Å². The summed E-state index contributed by atoms with van der Waals surface area (Å²) in [5.74, 6) is 0.816. The third-order valence-corrected chi connectivity index (χ3v) is 5.31. The summed E-state index contributed by atoms with van der Waals surface area (Å²) in [5.41, 5.74) is 2.02. The number of methoxy groups -OCH3 is 1. The molecule has 0 saturated carbocycles. The summed E-state index contributed by atoms with van der Waals surface area (Å²) in [6.45, 7) is 0.0405. The zero-order chi connectivity index (χ0) is 14.7. The Morgan fingerprint density at radius 3 is 2.76 bits per heavy atom. The molecule has 0 unspecified atom stereocenters. The molecule has 0 bridgehead atoms. The van der Waals surface area contributed by atoms with Gasteiger partial charge in [-0.2, -0.15) is 0 Å². The predicted molar refractivity (Wildman–Crippen MR) is 85.1 cm³/mol. The van der Waals surface area contributed by atoms with E-state index >= 15 is 0 Å². The van der Waals surface area contributed by atoms with Crippen LogP contribution in [0.1, 0.15) is 11.6 Å². The van der Waals surface area contributed by atoms with Crippen molar-refractivity contribution in [2.75, 3.05) is 19.0 Å². The zero-order valence-corrected chi connectivity index (χ0v) is 13.3. The first-order valence-corrected chi connectivity index (χ1v) is 8.38. The van der Waals surface area contributed by atoms with Crippen LogP contribution in [0.3, 0.4) is 0 Å². The molecular formula is C16H16N2O2Se. The van der Waals surface area contributed by atoms with Crippen molar-refractivity contribution < 1.29 is 9.84 Å². The van der Waals surface area contributed by atoms with Crippen LogP contribution in [0.15, 0.2) is 48.5 Å². The van der Waals surface area contributed by atoms with Crippen LogP contribution in [0.2, 0.25) is 0 Å². The van der Waals surface area contributed by atoms with E-state index in [1.54, 1.807) is 7.11 Å². The summed E-state index contributed by atoms with van der Waals surface area (Å²) in [5, 5.41) is 13.0. The molecule has 0 aliphatic rings. The standard InChI is InChI=1S/C16H16N2O2Se/c1-20-12-7-8-15-13(9-12)17-16(21-15)18-14(10-19)11-5-3-2-4-6-11/h2-9,14,19H,10H2,1H3,(H,17,18)/t14-/m0/s1. The summed E-state index contributed by atoms with van der Waals surface area (Å²) in [7, 11) is 1.65. The normalized spacial score (nSPS) is 12.3. The van der Waals surface area contributed by atoms with Crippen LogP contribution in [-0.4, -0.2) is 38.3 Å². The molecule has 0 saturated heterocycles. The van der Waals surface area contributed by atoms with E-state index in [0.29, 0.717) is 0 Å². The Morgan fingerprint density at radius 1 is 1.24 bits per heavy atom. The summed E-state index contributed by atoms with van der Waals surface area (Å²) in [6.07, 6.45) is 0. The molecule has 0 fully saturated rings. The molecule has 0 spiro atoms. The number of fused-ring (bicyclic) bond motifs is 1. The maximum atomic E-state index is 9.61. The zero-order valence-electron chi connectivity index (χ0n) is 11.6. The van der Waals surface area contributed by atoms with Crippen molar-refractivity contribution in [2.24, 2.45) is 0 Å². The van der Waals surface area contributed by atoms with E-state index in [4.69, 9.17) is 4.74 Å². The fourth-order valence-corrected chi connectivity index (χ4v) is 4.05. The van der Waals surface area contributed by atoms with Crippen molar-refractivity contribution in [3.63, 3.8) is 0 Å². The van der Waals surface area contributed by atoms with E-state index in [0.717, 1.165) is 21.5 Å². The van der Waals surface area contributed by atoms with Gasteiger partial charge in [-0.25, -0.2) is 0 Å². The summed E-state index contributed by atoms with van der Waals surface area (Å²) < 4.78 is 7.39. The topological polar surface area (TPSA) is 54.4 Å². The van der Waals surface area contributed by atoms with Gasteiger partial charge in [0.2, 0.25) is 0 Å². The van der Waals surface area contributed by atoms with E-state index in [2.05, 4.69) is 16.4 Å². The van der Waals surface area contributed by atoms with Crippen molar-refractivity contribution in [3.8, 4) is 5.75 Å². The Kier molecular flexibility index (Phi) is 4.25. The average Bonchev–Trinajstić information content (AvgIpc) is 2.94. The van der Waals surface area contributed by atoms with Gasteiger partial charge in [-0.15, -0.1) is 0 Å². The first-order valence-electron chi connectivity index (χ1n) is 6.67. The van der Waals surface area contributed by atoms with Gasteiger partial charge in [0, 0.05) is 0 Å². The van der Waals surface area contributed by atoms with Gasteiger partial charge in [0.15, 0.2) is 0 Å². The van der Waals surface area contributed by atoms with Crippen LogP contribution in [0.4, 0.5) is 4.69 Å². The first-order chi connectivity index (χ1) is 10.3. The second-order valence-corrected chi connectivity index (χ2v) is 6.81. The molecule has 21 heavy (non-hydrogen) atoms. The number of benzene rings is 2. The van der Waals surface area contributed by atoms with E-state index in [1.807, 2.05) is 42.5 Å². The molecule has 0 radical (unpaired) electrons. The molecule has 1 aromatic heterocycles. The van der Waals surface area contributed by atoms with Crippen LogP contribution >= 0.6 is 0 Å². The number of anilines is 1. The Morgan fingerprint density at radius 2 is 2.05 bits per heavy atom. The van der Waals surface area contributed by atoms with Gasteiger partial charge < -0.3 is 0 Å². The Hall–Kier alpha value is -1.81. The van der Waals surface area contributed by atoms with Crippen LogP contribution in [-0.2, 0) is 0 Å². The van der Waals surface area contributed by atoms with Gasteiger partial charge >= 0.3 is 129 Å². The molecule has 4 nitrogen and oxygen atoms in total. The number of nitrogens with one attached hydrogen (secondary N) is 1. The average molecular weight is 347 g/mol. The van der Waals surface area contributed by atoms with E-state index in [-0.39, 0.29) is 27.2 Å². The van der Waals surface area contributed by atoms with Crippen molar-refractivity contribution in [2.45, 2.75) is 6.04 Å². The summed E-state index contributed by atoms with van der Waals surface area (Å²) in [6, 6.07) is 15.8. The SMILES string of the molecule is COc1ccc2[se]c(N[C@@H](CO)c3ccccc3)nc2c1. The third kappa shape index (κ3) is 3.10. The number of rotatable bonds is 5. The minimum absolute atomic E-state index is 0.0405. The van der Waals surface area contributed by atoms with Gasteiger partial charge in [0.25, 0.3) is 0 Å². The van der Waals surface area contributed by atoms with Crippen molar-refractivity contribution >= 4 is 29.0 Å². The van der Waals surface area contributed by atoms with Crippen LogP contribution in [0.25, 0.3) is 9.78 Å². The molecule has 2 N–H and O–H groups in total. The minimum atomic E-state index is -0.122. The van der Waals surface area contributed by atoms with Gasteiger partial charge in [0.1, 0.15) is 0 Å². The number of hydrogen-bond donors (Lipinski definition) is 2. The van der Waals surface area contributed by atoms with Gasteiger partial charge in [0.05, 0.1) is 0 Å². The monoisotopic (exact) mass is 348 g/mol. The Labute approximate surface area is 129 Å². The molecular weight excluding hydrogens is 331 g/mol. The van der Waals surface area contributed by atoms with Crippen molar-refractivity contribution in [1.82, 2.24) is 4.98 Å². The second-order valence-electron chi connectivity index (χ2n) is 4.64. The summed E-state index contributed by atoms with van der Waals surface area (Å²) in [4.78, 5) is 4.62. The predicted octanol–water partition coefficient (Wildman–Crippen LogP) is 2.45. The number of aliphatic hydroxyl groups excluding tert-OH is 1. The molecule has 0 aliphatic carbocycles. The first kappa shape index (κ1) is 14.1. The molecule has 5 heteroatoms. The van der Waals surface area contributed by atoms with E-state index in [9.17, 15) is 5.11 Å². The molecule has 0 amide bonds.